The molecule has 3 aliphatic rings. The van der Waals surface area contributed by atoms with Crippen LogP contribution in [0.2, 0.25) is 0 Å². The highest BCUT2D eigenvalue weighted by Crippen LogP contribution is 2.42. The van der Waals surface area contributed by atoms with Crippen molar-refractivity contribution in [1.29, 1.82) is 0 Å². The van der Waals surface area contributed by atoms with Crippen LogP contribution in [0.15, 0.2) is 23.8 Å². The Hall–Kier alpha value is -2.26. The van der Waals surface area contributed by atoms with Crippen molar-refractivity contribution < 1.29 is 19.1 Å². The summed E-state index contributed by atoms with van der Waals surface area (Å²) < 4.78 is 12.0. The highest BCUT2D eigenvalue weighted by molar-refractivity contribution is 5.78. The predicted molar refractivity (Wildman–Crippen MR) is 141 cm³/mol. The van der Waals surface area contributed by atoms with Gasteiger partial charge in [-0.05, 0) is 64.9 Å². The van der Waals surface area contributed by atoms with E-state index in [9.17, 15) is 9.59 Å². The third-order valence-electron chi connectivity index (χ3n) is 7.54. The van der Waals surface area contributed by atoms with Crippen LogP contribution in [0.5, 0.6) is 11.5 Å². The monoisotopic (exact) mass is 498 g/mol. The molecule has 2 saturated heterocycles. The Morgan fingerprint density at radius 1 is 0.806 bits per heavy atom. The SMILES string of the molecule is CC1=CC(c2c(OC(=O)CN3CCN(C)CC3)cc(C)cc2OC(=O)CN2CCN(C)CC2)CCC1. The van der Waals surface area contributed by atoms with Crippen LogP contribution in [0.4, 0.5) is 0 Å². The van der Waals surface area contributed by atoms with Crippen LogP contribution in [-0.2, 0) is 9.59 Å². The standard InChI is InChI=1S/C28H42N4O4/c1-21-6-5-7-23(16-21)28-24(35-26(33)19-31-12-8-29(3)9-13-31)17-22(2)18-25(28)36-27(34)20-32-14-10-30(4)11-15-32/h16-18,23H,5-15,19-20H2,1-4H3. The first-order chi connectivity index (χ1) is 17.3. The van der Waals surface area contributed by atoms with E-state index in [2.05, 4.69) is 46.7 Å². The zero-order valence-corrected chi connectivity index (χ0v) is 22.4. The molecule has 1 atom stereocenters. The molecule has 0 bridgehead atoms. The van der Waals surface area contributed by atoms with Crippen LogP contribution in [0, 0.1) is 6.92 Å². The average molecular weight is 499 g/mol. The number of esters is 2. The molecule has 36 heavy (non-hydrogen) atoms. The number of benzene rings is 1. The molecule has 8 nitrogen and oxygen atoms in total. The van der Waals surface area contributed by atoms with Crippen LogP contribution < -0.4 is 9.47 Å². The first kappa shape index (κ1) is 26.8. The van der Waals surface area contributed by atoms with Crippen LogP contribution in [-0.4, -0.2) is 111 Å². The number of rotatable bonds is 7. The van der Waals surface area contributed by atoms with Crippen molar-refractivity contribution in [2.75, 3.05) is 79.5 Å². The summed E-state index contributed by atoms with van der Waals surface area (Å²) in [6.07, 6.45) is 5.31. The molecule has 0 spiro atoms. The summed E-state index contributed by atoms with van der Waals surface area (Å²) in [5, 5.41) is 0. The lowest BCUT2D eigenvalue weighted by Gasteiger charge is -2.32. The number of aryl methyl sites for hydroxylation is 1. The maximum Gasteiger partial charge on any atom is 0.325 e. The number of carbonyl (C=O) groups excluding carboxylic acids is 2. The Kier molecular flexibility index (Phi) is 9.17. The largest absolute Gasteiger partial charge is 0.425 e. The molecular formula is C28H42N4O4. The van der Waals surface area contributed by atoms with E-state index in [4.69, 9.17) is 9.47 Å². The second kappa shape index (κ2) is 12.3. The Labute approximate surface area is 215 Å². The summed E-state index contributed by atoms with van der Waals surface area (Å²) >= 11 is 0. The third-order valence-corrected chi connectivity index (χ3v) is 7.54. The molecule has 1 aliphatic carbocycles. The summed E-state index contributed by atoms with van der Waals surface area (Å²) in [6, 6.07) is 3.82. The lowest BCUT2D eigenvalue weighted by molar-refractivity contribution is -0.136. The Morgan fingerprint density at radius 3 is 1.72 bits per heavy atom. The molecule has 0 saturated carbocycles. The fourth-order valence-corrected chi connectivity index (χ4v) is 5.29. The molecule has 1 aromatic carbocycles. The van der Waals surface area contributed by atoms with Gasteiger partial charge < -0.3 is 19.3 Å². The molecular weight excluding hydrogens is 456 g/mol. The van der Waals surface area contributed by atoms with Gasteiger partial charge >= 0.3 is 11.9 Å². The molecule has 2 fully saturated rings. The van der Waals surface area contributed by atoms with Gasteiger partial charge in [-0.2, -0.15) is 0 Å². The van der Waals surface area contributed by atoms with Gasteiger partial charge in [0.05, 0.1) is 13.1 Å². The number of ether oxygens (including phenoxy) is 2. The van der Waals surface area contributed by atoms with Crippen molar-refractivity contribution >= 4 is 11.9 Å². The highest BCUT2D eigenvalue weighted by atomic mass is 16.5. The van der Waals surface area contributed by atoms with Crippen LogP contribution >= 0.6 is 0 Å². The van der Waals surface area contributed by atoms with Gasteiger partial charge in [0.2, 0.25) is 0 Å². The maximum absolute atomic E-state index is 13.0. The van der Waals surface area contributed by atoms with Gasteiger partial charge in [0, 0.05) is 63.8 Å². The lowest BCUT2D eigenvalue weighted by atomic mass is 9.84. The summed E-state index contributed by atoms with van der Waals surface area (Å²) in [4.78, 5) is 34.8. The van der Waals surface area contributed by atoms with Crippen LogP contribution in [0.1, 0.15) is 43.2 Å². The molecule has 0 N–H and O–H groups in total. The minimum atomic E-state index is -0.266. The summed E-state index contributed by atoms with van der Waals surface area (Å²) in [5.41, 5.74) is 3.04. The first-order valence-electron chi connectivity index (χ1n) is 13.3. The van der Waals surface area contributed by atoms with E-state index in [-0.39, 0.29) is 30.9 Å². The fraction of sp³-hybridized carbons (Fsp3) is 0.643. The van der Waals surface area contributed by atoms with Gasteiger partial charge in [-0.1, -0.05) is 11.6 Å². The fourth-order valence-electron chi connectivity index (χ4n) is 5.29. The molecule has 0 aromatic heterocycles. The molecule has 0 amide bonds. The molecule has 2 heterocycles. The van der Waals surface area contributed by atoms with E-state index in [1.807, 2.05) is 19.1 Å². The van der Waals surface area contributed by atoms with Crippen LogP contribution in [0.25, 0.3) is 0 Å². The van der Waals surface area contributed by atoms with Gasteiger partial charge in [-0.3, -0.25) is 19.4 Å². The number of carbonyl (C=O) groups is 2. The molecule has 4 rings (SSSR count). The van der Waals surface area contributed by atoms with Crippen molar-refractivity contribution in [2.45, 2.75) is 39.0 Å². The number of allylic oxidation sites excluding steroid dienone is 2. The molecule has 198 valence electrons. The first-order valence-corrected chi connectivity index (χ1v) is 13.3. The quantitative estimate of drug-likeness (QED) is 0.323. The van der Waals surface area contributed by atoms with E-state index in [0.29, 0.717) is 11.5 Å². The second-order valence-corrected chi connectivity index (χ2v) is 10.8. The Morgan fingerprint density at radius 2 is 1.28 bits per heavy atom. The summed E-state index contributed by atoms with van der Waals surface area (Å²) in [6.45, 7) is 11.8. The van der Waals surface area contributed by atoms with Crippen LogP contribution in [0.3, 0.4) is 0 Å². The molecule has 1 unspecified atom stereocenters. The number of hydrogen-bond donors (Lipinski definition) is 0. The minimum Gasteiger partial charge on any atom is -0.425 e. The van der Waals surface area contributed by atoms with Crippen molar-refractivity contribution in [3.8, 4) is 11.5 Å². The average Bonchev–Trinajstić information content (AvgIpc) is 2.82. The Balaban J connectivity index is 1.53. The highest BCUT2D eigenvalue weighted by Gasteiger charge is 2.27. The van der Waals surface area contributed by atoms with Crippen molar-refractivity contribution in [3.63, 3.8) is 0 Å². The zero-order chi connectivity index (χ0) is 25.7. The summed E-state index contributed by atoms with van der Waals surface area (Å²) in [5.74, 6) is 0.562. The Bertz CT molecular complexity index is 903. The van der Waals surface area contributed by atoms with Gasteiger partial charge in [0.25, 0.3) is 0 Å². The number of likely N-dealkylation sites (N-methyl/N-ethyl adjacent to an activating group) is 2. The molecule has 2 aliphatic heterocycles. The number of nitrogens with zero attached hydrogens (tertiary/aromatic N) is 4. The van der Waals surface area contributed by atoms with Crippen molar-refractivity contribution in [2.24, 2.45) is 0 Å². The molecule has 1 aromatic rings. The lowest BCUT2D eigenvalue weighted by Crippen LogP contribution is -2.47. The number of piperazine rings is 2. The minimum absolute atomic E-state index is 0.0530. The van der Waals surface area contributed by atoms with E-state index < -0.39 is 0 Å². The molecule has 8 heteroatoms. The normalized spacial score (nSPS) is 22.8. The van der Waals surface area contributed by atoms with Crippen molar-refractivity contribution in [3.05, 3.63) is 34.9 Å². The number of hydrogen-bond acceptors (Lipinski definition) is 8. The summed E-state index contributed by atoms with van der Waals surface area (Å²) in [7, 11) is 4.20. The van der Waals surface area contributed by atoms with E-state index in [1.165, 1.54) is 5.57 Å². The van der Waals surface area contributed by atoms with Gasteiger partial charge in [-0.25, -0.2) is 0 Å². The zero-order valence-electron chi connectivity index (χ0n) is 22.4. The molecule has 0 radical (unpaired) electrons. The third kappa shape index (κ3) is 7.38. The van der Waals surface area contributed by atoms with Gasteiger partial charge in [-0.15, -0.1) is 0 Å². The van der Waals surface area contributed by atoms with Gasteiger partial charge in [0.15, 0.2) is 0 Å². The van der Waals surface area contributed by atoms with Crippen molar-refractivity contribution in [1.82, 2.24) is 19.6 Å². The van der Waals surface area contributed by atoms with E-state index >= 15 is 0 Å². The van der Waals surface area contributed by atoms with E-state index in [1.54, 1.807) is 0 Å². The topological polar surface area (TPSA) is 65.6 Å². The maximum atomic E-state index is 13.0. The predicted octanol–water partition coefficient (Wildman–Crippen LogP) is 2.51. The smallest absolute Gasteiger partial charge is 0.325 e. The van der Waals surface area contributed by atoms with Gasteiger partial charge in [0.1, 0.15) is 11.5 Å². The van der Waals surface area contributed by atoms with E-state index in [0.717, 1.165) is 82.7 Å². The second-order valence-electron chi connectivity index (χ2n) is 10.8.